The summed E-state index contributed by atoms with van der Waals surface area (Å²) in [5, 5.41) is 0. The number of para-hydroxylation sites is 6. The fourth-order valence-electron chi connectivity index (χ4n) is 7.78. The largest absolute Gasteiger partial charge is 0.384 e. The zero-order valence-corrected chi connectivity index (χ0v) is 30.0. The van der Waals surface area contributed by atoms with Crippen molar-refractivity contribution in [1.82, 2.24) is 49.0 Å². The number of anilines is 2. The summed E-state index contributed by atoms with van der Waals surface area (Å²) >= 11 is 0. The third-order valence-electron chi connectivity index (χ3n) is 10.4. The molecule has 54 heavy (non-hydrogen) atoms. The first-order valence-electron chi connectivity index (χ1n) is 18.5. The molecule has 0 saturated carbocycles. The smallest absolute Gasteiger partial charge is 0.161 e. The molecule has 0 saturated heterocycles. The molecular formula is C42H38N12. The van der Waals surface area contributed by atoms with Crippen LogP contribution in [0.2, 0.25) is 0 Å². The molecule has 12 heteroatoms. The molecule has 266 valence electrons. The van der Waals surface area contributed by atoms with Gasteiger partial charge in [0.1, 0.15) is 34.3 Å². The van der Waals surface area contributed by atoms with Gasteiger partial charge in [-0.15, -0.1) is 0 Å². The summed E-state index contributed by atoms with van der Waals surface area (Å²) in [7, 11) is 0. The van der Waals surface area contributed by atoms with Gasteiger partial charge in [0.05, 0.1) is 55.3 Å². The number of nitrogens with two attached hydrogens (primary N) is 2. The Morgan fingerprint density at radius 3 is 1.72 bits per heavy atom. The van der Waals surface area contributed by atoms with E-state index in [1.807, 2.05) is 72.8 Å². The summed E-state index contributed by atoms with van der Waals surface area (Å²) < 4.78 is 4.17. The Kier molecular flexibility index (Phi) is 7.32. The number of fused-ring (bicyclic) bond motifs is 6. The van der Waals surface area contributed by atoms with E-state index in [1.165, 1.54) is 5.56 Å². The second-order valence-corrected chi connectivity index (χ2v) is 14.3. The lowest BCUT2D eigenvalue weighted by Crippen LogP contribution is -2.13. The molecule has 0 fully saturated rings. The molecule has 12 nitrogen and oxygen atoms in total. The van der Waals surface area contributed by atoms with Gasteiger partial charge in [-0.05, 0) is 72.9 Å². The zero-order chi connectivity index (χ0) is 36.5. The number of rotatable bonds is 9. The SMILES string of the molecule is CCCCn1c(N)c(-c2nc3ccc(CC(C)Cn4c(N)c(-c5nc6ccccc6[nH]5)c5nc6ccccc6nc54)cc3[nH]2)c2nc3ccccc3nc21. The van der Waals surface area contributed by atoms with Crippen molar-refractivity contribution in [3.8, 4) is 22.8 Å². The van der Waals surface area contributed by atoms with Crippen molar-refractivity contribution in [2.75, 3.05) is 11.5 Å². The van der Waals surface area contributed by atoms with E-state index in [0.717, 1.165) is 103 Å². The lowest BCUT2D eigenvalue weighted by Gasteiger charge is -2.15. The molecule has 1 unspecified atom stereocenters. The van der Waals surface area contributed by atoms with E-state index < -0.39 is 0 Å². The Morgan fingerprint density at radius 2 is 1.11 bits per heavy atom. The monoisotopic (exact) mass is 710 g/mol. The van der Waals surface area contributed by atoms with Crippen LogP contribution in [0.5, 0.6) is 0 Å². The number of hydrogen-bond donors (Lipinski definition) is 4. The van der Waals surface area contributed by atoms with Crippen molar-refractivity contribution in [3.63, 3.8) is 0 Å². The highest BCUT2D eigenvalue weighted by molar-refractivity contribution is 6.02. The maximum absolute atomic E-state index is 7.01. The van der Waals surface area contributed by atoms with Gasteiger partial charge in [-0.3, -0.25) is 0 Å². The van der Waals surface area contributed by atoms with E-state index in [4.69, 9.17) is 41.4 Å². The Labute approximate surface area is 309 Å². The second kappa shape index (κ2) is 12.4. The van der Waals surface area contributed by atoms with Gasteiger partial charge in [-0.25, -0.2) is 29.9 Å². The topological polar surface area (TPSA) is 171 Å². The van der Waals surface area contributed by atoms with Gasteiger partial charge in [0.25, 0.3) is 0 Å². The minimum absolute atomic E-state index is 0.204. The number of imidazole rings is 2. The third-order valence-corrected chi connectivity index (χ3v) is 10.4. The molecule has 10 rings (SSSR count). The van der Waals surface area contributed by atoms with E-state index in [2.05, 4.69) is 51.1 Å². The first kappa shape index (κ1) is 31.9. The van der Waals surface area contributed by atoms with Gasteiger partial charge in [0, 0.05) is 13.1 Å². The number of unbranched alkanes of at least 4 members (excludes halogenated alkanes) is 1. The van der Waals surface area contributed by atoms with Crippen molar-refractivity contribution in [2.24, 2.45) is 5.92 Å². The van der Waals surface area contributed by atoms with E-state index in [9.17, 15) is 0 Å². The Morgan fingerprint density at radius 1 is 0.593 bits per heavy atom. The van der Waals surface area contributed by atoms with Crippen LogP contribution in [0.15, 0.2) is 91.0 Å². The molecule has 0 bridgehead atoms. The number of nitrogen functional groups attached to an aromatic ring is 2. The molecule has 4 aromatic carbocycles. The highest BCUT2D eigenvalue weighted by Crippen LogP contribution is 2.38. The van der Waals surface area contributed by atoms with Crippen LogP contribution in [0, 0.1) is 5.92 Å². The standard InChI is InChI=1S/C42H38N12/c1-3-4-19-53-37(43)33(35-41(53)51-29-15-9-5-11-25(29)45-35)40-49-31-18-17-24(21-32(31)50-40)20-23(2)22-54-38(44)34(39-47-27-13-7-8-14-28(27)48-39)36-42(54)52-30-16-10-6-12-26(30)46-36/h5-18,21,23H,3-4,19-20,22,43-44H2,1-2H3,(H,47,48)(H,49,50). The molecule has 0 radical (unpaired) electrons. The molecule has 0 amide bonds. The van der Waals surface area contributed by atoms with Crippen LogP contribution in [0.1, 0.15) is 32.3 Å². The molecule has 6 aromatic heterocycles. The van der Waals surface area contributed by atoms with Crippen LogP contribution in [0.3, 0.4) is 0 Å². The highest BCUT2D eigenvalue weighted by atomic mass is 15.1. The number of aryl methyl sites for hydroxylation is 1. The van der Waals surface area contributed by atoms with Crippen LogP contribution in [0.25, 0.3) is 89.2 Å². The lowest BCUT2D eigenvalue weighted by atomic mass is 10.0. The molecule has 0 aliphatic heterocycles. The first-order valence-corrected chi connectivity index (χ1v) is 18.5. The number of benzene rings is 4. The van der Waals surface area contributed by atoms with Gasteiger partial charge >= 0.3 is 0 Å². The average Bonchev–Trinajstić information content (AvgIpc) is 3.92. The highest BCUT2D eigenvalue weighted by Gasteiger charge is 2.25. The second-order valence-electron chi connectivity index (χ2n) is 14.3. The normalized spacial score (nSPS) is 12.7. The Hall–Kier alpha value is -6.82. The lowest BCUT2D eigenvalue weighted by molar-refractivity contribution is 0.491. The maximum Gasteiger partial charge on any atom is 0.161 e. The molecule has 0 aliphatic rings. The van der Waals surface area contributed by atoms with Crippen LogP contribution < -0.4 is 11.5 Å². The van der Waals surface area contributed by atoms with Gasteiger partial charge in [-0.1, -0.05) is 62.7 Å². The number of aromatic nitrogens is 10. The summed E-state index contributed by atoms with van der Waals surface area (Å²) in [4.78, 5) is 37.1. The van der Waals surface area contributed by atoms with Gasteiger partial charge in [-0.2, -0.15) is 0 Å². The maximum atomic E-state index is 7.01. The molecule has 0 aliphatic carbocycles. The number of aromatic amines is 2. The number of hydrogen-bond acceptors (Lipinski definition) is 8. The van der Waals surface area contributed by atoms with Gasteiger partial charge in [0.2, 0.25) is 0 Å². The Bertz CT molecular complexity index is 3020. The zero-order valence-electron chi connectivity index (χ0n) is 30.0. The fraction of sp³-hybridized carbons (Fsp3) is 0.190. The number of H-pyrrole nitrogens is 2. The Balaban J connectivity index is 0.999. The predicted molar refractivity (Wildman–Crippen MR) is 217 cm³/mol. The van der Waals surface area contributed by atoms with Crippen molar-refractivity contribution in [2.45, 2.75) is 46.2 Å². The summed E-state index contributed by atoms with van der Waals surface area (Å²) in [6.07, 6.45) is 2.83. The molecule has 0 spiro atoms. The third kappa shape index (κ3) is 5.12. The number of nitrogens with zero attached hydrogens (tertiary/aromatic N) is 8. The summed E-state index contributed by atoms with van der Waals surface area (Å²) in [6.45, 7) is 5.81. The first-order chi connectivity index (χ1) is 26.4. The van der Waals surface area contributed by atoms with Crippen LogP contribution in [-0.4, -0.2) is 49.0 Å². The summed E-state index contributed by atoms with van der Waals surface area (Å²) in [6, 6.07) is 30.2. The van der Waals surface area contributed by atoms with E-state index in [0.29, 0.717) is 29.8 Å². The van der Waals surface area contributed by atoms with E-state index in [1.54, 1.807) is 0 Å². The quantitative estimate of drug-likeness (QED) is 0.116. The van der Waals surface area contributed by atoms with E-state index in [-0.39, 0.29) is 5.92 Å². The molecule has 10 aromatic rings. The van der Waals surface area contributed by atoms with Gasteiger partial charge in [0.15, 0.2) is 11.3 Å². The summed E-state index contributed by atoms with van der Waals surface area (Å²) in [5.74, 6) is 2.79. The van der Waals surface area contributed by atoms with Gasteiger partial charge < -0.3 is 30.6 Å². The number of nitrogens with one attached hydrogen (secondary N) is 2. The fourth-order valence-corrected chi connectivity index (χ4v) is 7.78. The van der Waals surface area contributed by atoms with E-state index >= 15 is 0 Å². The average molecular weight is 711 g/mol. The molecule has 6 N–H and O–H groups in total. The van der Waals surface area contributed by atoms with Crippen molar-refractivity contribution in [1.29, 1.82) is 0 Å². The summed E-state index contributed by atoms with van der Waals surface area (Å²) in [5.41, 5.74) is 26.6. The van der Waals surface area contributed by atoms with Crippen molar-refractivity contribution in [3.05, 3.63) is 96.6 Å². The molecule has 6 heterocycles. The van der Waals surface area contributed by atoms with Crippen LogP contribution >= 0.6 is 0 Å². The molecule has 1 atom stereocenters. The van der Waals surface area contributed by atoms with Crippen molar-refractivity contribution < 1.29 is 0 Å². The minimum atomic E-state index is 0.204. The predicted octanol–water partition coefficient (Wildman–Crippen LogP) is 8.41. The van der Waals surface area contributed by atoms with Crippen molar-refractivity contribution >= 4 is 78.1 Å². The van der Waals surface area contributed by atoms with Crippen LogP contribution in [-0.2, 0) is 19.5 Å². The van der Waals surface area contributed by atoms with Crippen LogP contribution in [0.4, 0.5) is 11.6 Å². The minimum Gasteiger partial charge on any atom is -0.384 e. The molecular weight excluding hydrogens is 673 g/mol.